The van der Waals surface area contributed by atoms with E-state index >= 15 is 0 Å². The number of hydrogen-bond donors (Lipinski definition) is 3. The number of benzene rings is 1. The van der Waals surface area contributed by atoms with Crippen LogP contribution in [-0.4, -0.2) is 35.6 Å². The van der Waals surface area contributed by atoms with Crippen LogP contribution in [0.15, 0.2) is 47.8 Å². The van der Waals surface area contributed by atoms with Crippen molar-refractivity contribution >= 4 is 23.2 Å². The highest BCUT2D eigenvalue weighted by Gasteiger charge is 2.17. The van der Waals surface area contributed by atoms with E-state index < -0.39 is 6.10 Å². The Balaban J connectivity index is 1.68. The molecule has 3 N–H and O–H groups in total. The second-order valence-electron chi connectivity index (χ2n) is 5.60. The number of carbonyl (C=O) groups excluding carboxylic acids is 2. The first-order valence-electron chi connectivity index (χ1n) is 7.89. The van der Waals surface area contributed by atoms with Crippen molar-refractivity contribution in [3.05, 3.63) is 58.3 Å². The van der Waals surface area contributed by atoms with E-state index in [4.69, 9.17) is 0 Å². The lowest BCUT2D eigenvalue weighted by Crippen LogP contribution is -2.43. The van der Waals surface area contributed by atoms with Crippen LogP contribution in [0, 0.1) is 0 Å². The van der Waals surface area contributed by atoms with Crippen LogP contribution in [0.3, 0.4) is 0 Å². The first-order valence-corrected chi connectivity index (χ1v) is 8.77. The maximum atomic E-state index is 11.9. The van der Waals surface area contributed by atoms with Gasteiger partial charge in [0, 0.05) is 19.4 Å². The van der Waals surface area contributed by atoms with Gasteiger partial charge in [0.05, 0.1) is 17.0 Å². The molecule has 24 heavy (non-hydrogen) atoms. The Labute approximate surface area is 145 Å². The third-order valence-corrected chi connectivity index (χ3v) is 4.50. The third-order valence-electron chi connectivity index (χ3n) is 3.64. The summed E-state index contributed by atoms with van der Waals surface area (Å²) >= 11 is 1.36. The molecule has 2 rings (SSSR count). The monoisotopic (exact) mass is 346 g/mol. The number of thiophene rings is 1. The van der Waals surface area contributed by atoms with E-state index in [1.165, 1.54) is 11.3 Å². The lowest BCUT2D eigenvalue weighted by molar-refractivity contribution is -0.122. The molecule has 0 spiro atoms. The van der Waals surface area contributed by atoms with E-state index in [-0.39, 0.29) is 30.8 Å². The average molecular weight is 346 g/mol. The molecule has 0 saturated heterocycles. The number of aliphatic hydroxyl groups is 1. The van der Waals surface area contributed by atoms with E-state index in [2.05, 4.69) is 10.6 Å². The highest BCUT2D eigenvalue weighted by atomic mass is 32.1. The minimum Gasteiger partial charge on any atom is -0.391 e. The second kappa shape index (κ2) is 9.20. The highest BCUT2D eigenvalue weighted by molar-refractivity contribution is 7.12. The lowest BCUT2D eigenvalue weighted by Gasteiger charge is -2.20. The van der Waals surface area contributed by atoms with Crippen LogP contribution in [0.4, 0.5) is 0 Å². The fraction of sp³-hybridized carbons (Fsp3) is 0.333. The molecule has 2 aromatic rings. The zero-order valence-electron chi connectivity index (χ0n) is 13.6. The van der Waals surface area contributed by atoms with Gasteiger partial charge in [-0.15, -0.1) is 11.3 Å². The summed E-state index contributed by atoms with van der Waals surface area (Å²) in [4.78, 5) is 24.3. The molecular weight excluding hydrogens is 324 g/mol. The Hall–Kier alpha value is -2.18. The van der Waals surface area contributed by atoms with Gasteiger partial charge in [0.1, 0.15) is 0 Å². The van der Waals surface area contributed by atoms with Crippen LogP contribution in [0.5, 0.6) is 0 Å². The molecule has 0 aliphatic carbocycles. The van der Waals surface area contributed by atoms with Gasteiger partial charge in [-0.3, -0.25) is 9.59 Å². The lowest BCUT2D eigenvalue weighted by atomic mass is 10.0. The summed E-state index contributed by atoms with van der Waals surface area (Å²) in [6.45, 7) is 2.04. The standard InChI is InChI=1S/C18H22N2O3S/c1-13(15(21)12-14-6-3-2-4-7-14)20-17(22)9-10-19-18(23)16-8-5-11-24-16/h2-8,11,13,15,21H,9-10,12H2,1H3,(H,19,23)(H,20,22). The molecule has 0 radical (unpaired) electrons. The summed E-state index contributed by atoms with van der Waals surface area (Å²) in [7, 11) is 0. The summed E-state index contributed by atoms with van der Waals surface area (Å²) in [5.41, 5.74) is 1.02. The predicted molar refractivity (Wildman–Crippen MR) is 95.0 cm³/mol. The van der Waals surface area contributed by atoms with Gasteiger partial charge in [-0.25, -0.2) is 0 Å². The van der Waals surface area contributed by atoms with Crippen LogP contribution in [0.2, 0.25) is 0 Å². The Morgan fingerprint density at radius 2 is 1.92 bits per heavy atom. The Morgan fingerprint density at radius 1 is 1.17 bits per heavy atom. The average Bonchev–Trinajstić information content (AvgIpc) is 3.10. The van der Waals surface area contributed by atoms with Crippen LogP contribution >= 0.6 is 11.3 Å². The summed E-state index contributed by atoms with van der Waals surface area (Å²) in [5.74, 6) is -0.365. The van der Waals surface area contributed by atoms with Crippen molar-refractivity contribution in [3.63, 3.8) is 0 Å². The molecule has 1 heterocycles. The first kappa shape index (κ1) is 18.2. The molecule has 0 bridgehead atoms. The number of amides is 2. The normalized spacial score (nSPS) is 13.1. The van der Waals surface area contributed by atoms with E-state index in [0.717, 1.165) is 5.56 Å². The zero-order valence-corrected chi connectivity index (χ0v) is 14.4. The molecule has 2 atom stereocenters. The van der Waals surface area contributed by atoms with Crippen molar-refractivity contribution in [1.82, 2.24) is 10.6 Å². The van der Waals surface area contributed by atoms with Gasteiger partial charge < -0.3 is 15.7 Å². The van der Waals surface area contributed by atoms with Gasteiger partial charge >= 0.3 is 0 Å². The number of hydrogen-bond acceptors (Lipinski definition) is 4. The van der Waals surface area contributed by atoms with Crippen molar-refractivity contribution in [2.75, 3.05) is 6.54 Å². The molecule has 5 nitrogen and oxygen atoms in total. The van der Waals surface area contributed by atoms with E-state index in [0.29, 0.717) is 11.3 Å². The van der Waals surface area contributed by atoms with Gasteiger partial charge in [-0.2, -0.15) is 0 Å². The van der Waals surface area contributed by atoms with Crippen molar-refractivity contribution < 1.29 is 14.7 Å². The van der Waals surface area contributed by atoms with Crippen LogP contribution in [0.25, 0.3) is 0 Å². The maximum absolute atomic E-state index is 11.9. The smallest absolute Gasteiger partial charge is 0.261 e. The number of rotatable bonds is 8. The molecule has 6 heteroatoms. The molecule has 0 aliphatic rings. The van der Waals surface area contributed by atoms with Crippen LogP contribution in [-0.2, 0) is 11.2 Å². The predicted octanol–water partition coefficient (Wildman–Crippen LogP) is 1.98. The van der Waals surface area contributed by atoms with Gasteiger partial charge in [0.25, 0.3) is 5.91 Å². The second-order valence-corrected chi connectivity index (χ2v) is 6.54. The third kappa shape index (κ3) is 5.79. The highest BCUT2D eigenvalue weighted by Crippen LogP contribution is 2.08. The number of aliphatic hydroxyl groups excluding tert-OH is 1. The van der Waals surface area contributed by atoms with Crippen LogP contribution < -0.4 is 10.6 Å². The zero-order chi connectivity index (χ0) is 17.4. The SMILES string of the molecule is CC(NC(=O)CCNC(=O)c1cccs1)C(O)Cc1ccccc1. The minimum atomic E-state index is -0.656. The van der Waals surface area contributed by atoms with E-state index in [9.17, 15) is 14.7 Å². The quantitative estimate of drug-likeness (QED) is 0.684. The number of nitrogens with one attached hydrogen (secondary N) is 2. The summed E-state index contributed by atoms with van der Waals surface area (Å²) in [6, 6.07) is 12.8. The summed E-state index contributed by atoms with van der Waals surface area (Å²) in [5, 5.41) is 17.5. The molecular formula is C18H22N2O3S. The first-order chi connectivity index (χ1) is 11.6. The van der Waals surface area contributed by atoms with E-state index in [1.54, 1.807) is 13.0 Å². The summed E-state index contributed by atoms with van der Waals surface area (Å²) in [6.07, 6.45) is 0.00810. The fourth-order valence-electron chi connectivity index (χ4n) is 2.24. The molecule has 1 aromatic heterocycles. The maximum Gasteiger partial charge on any atom is 0.261 e. The largest absolute Gasteiger partial charge is 0.391 e. The van der Waals surface area contributed by atoms with Crippen molar-refractivity contribution in [3.8, 4) is 0 Å². The fourth-order valence-corrected chi connectivity index (χ4v) is 2.88. The molecule has 0 saturated carbocycles. The van der Waals surface area contributed by atoms with Crippen molar-refractivity contribution in [2.45, 2.75) is 31.9 Å². The Kier molecular flexibility index (Phi) is 6.96. The Morgan fingerprint density at radius 3 is 2.58 bits per heavy atom. The van der Waals surface area contributed by atoms with Crippen molar-refractivity contribution in [2.24, 2.45) is 0 Å². The molecule has 0 aliphatic heterocycles. The molecule has 128 valence electrons. The molecule has 2 amide bonds. The topological polar surface area (TPSA) is 78.4 Å². The Bertz CT molecular complexity index is 644. The van der Waals surface area contributed by atoms with Crippen molar-refractivity contribution in [1.29, 1.82) is 0 Å². The minimum absolute atomic E-state index is 0.171. The molecule has 1 aromatic carbocycles. The van der Waals surface area contributed by atoms with Gasteiger partial charge in [-0.05, 0) is 23.9 Å². The van der Waals surface area contributed by atoms with Gasteiger partial charge in [0.15, 0.2) is 0 Å². The molecule has 2 unspecified atom stereocenters. The summed E-state index contributed by atoms with van der Waals surface area (Å²) < 4.78 is 0. The van der Waals surface area contributed by atoms with E-state index in [1.807, 2.05) is 41.8 Å². The van der Waals surface area contributed by atoms with Gasteiger partial charge in [-0.1, -0.05) is 36.4 Å². The molecule has 0 fully saturated rings. The van der Waals surface area contributed by atoms with Gasteiger partial charge in [0.2, 0.25) is 5.91 Å². The number of carbonyl (C=O) groups is 2. The van der Waals surface area contributed by atoms with Crippen LogP contribution in [0.1, 0.15) is 28.6 Å².